The second kappa shape index (κ2) is 9.10. The number of carbonyl (C=O) groups is 1. The molecule has 0 unspecified atom stereocenters. The van der Waals surface area contributed by atoms with E-state index in [1.54, 1.807) is 12.1 Å². The first-order chi connectivity index (χ1) is 11.1. The van der Waals surface area contributed by atoms with Crippen molar-refractivity contribution in [3.05, 3.63) is 54.6 Å². The summed E-state index contributed by atoms with van der Waals surface area (Å²) in [6, 6.07) is 17.1. The van der Waals surface area contributed by atoms with Crippen LogP contribution in [-0.2, 0) is 4.79 Å². The number of anilines is 1. The molecule has 0 aromatic heterocycles. The molecule has 0 saturated carbocycles. The number of phenolic OH excluding ortho intramolecular Hbond substituents is 1. The van der Waals surface area contributed by atoms with Crippen LogP contribution in [0.5, 0.6) is 5.75 Å². The van der Waals surface area contributed by atoms with Crippen LogP contribution in [0.1, 0.15) is 6.42 Å². The Balaban J connectivity index is 1.60. The van der Waals surface area contributed by atoms with Gasteiger partial charge in [-0.15, -0.1) is 11.8 Å². The molecule has 1 amide bonds. The van der Waals surface area contributed by atoms with Crippen molar-refractivity contribution >= 4 is 23.4 Å². The van der Waals surface area contributed by atoms with E-state index in [2.05, 4.69) is 29.4 Å². The lowest BCUT2D eigenvalue weighted by Gasteiger charge is -2.19. The molecule has 0 bridgehead atoms. The van der Waals surface area contributed by atoms with Crippen molar-refractivity contribution in [2.75, 3.05) is 30.8 Å². The second-order valence-corrected chi connectivity index (χ2v) is 6.29. The van der Waals surface area contributed by atoms with Gasteiger partial charge in [-0.2, -0.15) is 0 Å². The van der Waals surface area contributed by atoms with Crippen LogP contribution >= 0.6 is 11.8 Å². The summed E-state index contributed by atoms with van der Waals surface area (Å²) >= 11 is 1.46. The zero-order valence-corrected chi connectivity index (χ0v) is 14.1. The Bertz CT molecular complexity index is 602. The van der Waals surface area contributed by atoms with Gasteiger partial charge in [-0.3, -0.25) is 4.79 Å². The molecular formula is C18H22N2O2S. The number of aromatic hydroxyl groups is 1. The molecule has 4 nitrogen and oxygen atoms in total. The van der Waals surface area contributed by atoms with Gasteiger partial charge in [-0.1, -0.05) is 18.2 Å². The lowest BCUT2D eigenvalue weighted by molar-refractivity contribution is -0.118. The summed E-state index contributed by atoms with van der Waals surface area (Å²) in [5.41, 5.74) is 1.18. The van der Waals surface area contributed by atoms with E-state index in [1.165, 1.54) is 17.4 Å². The minimum absolute atomic E-state index is 0.0328. The largest absolute Gasteiger partial charge is 0.508 e. The van der Waals surface area contributed by atoms with Gasteiger partial charge >= 0.3 is 0 Å². The maximum atomic E-state index is 11.8. The van der Waals surface area contributed by atoms with Crippen LogP contribution in [0, 0.1) is 0 Å². The lowest BCUT2D eigenvalue weighted by Crippen LogP contribution is -2.29. The molecule has 5 heteroatoms. The number of amides is 1. The average molecular weight is 330 g/mol. The molecule has 0 heterocycles. The first kappa shape index (κ1) is 17.2. The van der Waals surface area contributed by atoms with Crippen molar-refractivity contribution < 1.29 is 9.90 Å². The standard InChI is InChI=1S/C18H22N2O2S/c1-20(15-6-3-2-4-7-15)13-5-12-19-18(22)14-23-17-10-8-16(21)9-11-17/h2-4,6-11,21H,5,12-14H2,1H3,(H,19,22). The second-order valence-electron chi connectivity index (χ2n) is 5.24. The van der Waals surface area contributed by atoms with E-state index in [-0.39, 0.29) is 11.7 Å². The van der Waals surface area contributed by atoms with E-state index in [9.17, 15) is 9.90 Å². The van der Waals surface area contributed by atoms with E-state index in [0.29, 0.717) is 12.3 Å². The summed E-state index contributed by atoms with van der Waals surface area (Å²) in [6.07, 6.45) is 0.904. The highest BCUT2D eigenvalue weighted by atomic mass is 32.2. The van der Waals surface area contributed by atoms with E-state index < -0.39 is 0 Å². The molecule has 0 saturated heterocycles. The summed E-state index contributed by atoms with van der Waals surface area (Å²) in [4.78, 5) is 15.0. The molecule has 2 aromatic carbocycles. The monoisotopic (exact) mass is 330 g/mol. The van der Waals surface area contributed by atoms with Crippen molar-refractivity contribution in [3.8, 4) is 5.75 Å². The maximum absolute atomic E-state index is 11.8. The normalized spacial score (nSPS) is 10.3. The van der Waals surface area contributed by atoms with Gasteiger partial charge in [-0.25, -0.2) is 0 Å². The van der Waals surface area contributed by atoms with Crippen LogP contribution < -0.4 is 10.2 Å². The fourth-order valence-electron chi connectivity index (χ4n) is 2.10. The maximum Gasteiger partial charge on any atom is 0.230 e. The Morgan fingerprint density at radius 3 is 2.52 bits per heavy atom. The Kier molecular flexibility index (Phi) is 6.81. The molecule has 0 fully saturated rings. The molecule has 2 N–H and O–H groups in total. The summed E-state index contributed by atoms with van der Waals surface area (Å²) in [5, 5.41) is 12.1. The molecule has 0 spiro atoms. The van der Waals surface area contributed by atoms with E-state index >= 15 is 0 Å². The van der Waals surface area contributed by atoms with Crippen molar-refractivity contribution in [3.63, 3.8) is 0 Å². The molecular weight excluding hydrogens is 308 g/mol. The zero-order valence-electron chi connectivity index (χ0n) is 13.2. The van der Waals surface area contributed by atoms with Crippen molar-refractivity contribution in [2.45, 2.75) is 11.3 Å². The number of hydrogen-bond acceptors (Lipinski definition) is 4. The van der Waals surface area contributed by atoms with Gasteiger partial charge < -0.3 is 15.3 Å². The Hall–Kier alpha value is -2.14. The van der Waals surface area contributed by atoms with Crippen LogP contribution in [-0.4, -0.2) is 36.9 Å². The van der Waals surface area contributed by atoms with Gasteiger partial charge in [0.1, 0.15) is 5.75 Å². The van der Waals surface area contributed by atoms with E-state index in [1.807, 2.05) is 30.3 Å². The number of benzene rings is 2. The van der Waals surface area contributed by atoms with Crippen molar-refractivity contribution in [1.29, 1.82) is 0 Å². The predicted molar refractivity (Wildman–Crippen MR) is 96.2 cm³/mol. The quantitative estimate of drug-likeness (QED) is 0.577. The van der Waals surface area contributed by atoms with Crippen LogP contribution in [0.25, 0.3) is 0 Å². The number of phenols is 1. The number of carbonyl (C=O) groups excluding carboxylic acids is 1. The molecule has 0 aliphatic carbocycles. The minimum atomic E-state index is 0.0328. The van der Waals surface area contributed by atoms with Gasteiger partial charge in [0.2, 0.25) is 5.91 Å². The molecule has 122 valence electrons. The fourth-order valence-corrected chi connectivity index (χ4v) is 2.83. The average Bonchev–Trinajstić information content (AvgIpc) is 2.59. The third kappa shape index (κ3) is 6.24. The topological polar surface area (TPSA) is 52.6 Å². The van der Waals surface area contributed by atoms with E-state index in [0.717, 1.165) is 17.9 Å². The van der Waals surface area contributed by atoms with Crippen LogP contribution in [0.4, 0.5) is 5.69 Å². The molecule has 2 aromatic rings. The van der Waals surface area contributed by atoms with Crippen LogP contribution in [0.3, 0.4) is 0 Å². The summed E-state index contributed by atoms with van der Waals surface area (Å²) in [5.74, 6) is 0.658. The van der Waals surface area contributed by atoms with Gasteiger partial charge in [0.25, 0.3) is 0 Å². The SMILES string of the molecule is CN(CCCNC(=O)CSc1ccc(O)cc1)c1ccccc1. The Morgan fingerprint density at radius 2 is 1.83 bits per heavy atom. The van der Waals surface area contributed by atoms with Crippen LogP contribution in [0.2, 0.25) is 0 Å². The first-order valence-corrected chi connectivity index (χ1v) is 8.58. The molecule has 23 heavy (non-hydrogen) atoms. The smallest absolute Gasteiger partial charge is 0.230 e. The lowest BCUT2D eigenvalue weighted by atomic mass is 10.3. The zero-order chi connectivity index (χ0) is 16.5. The van der Waals surface area contributed by atoms with Gasteiger partial charge in [0, 0.05) is 30.7 Å². The van der Waals surface area contributed by atoms with Crippen LogP contribution in [0.15, 0.2) is 59.5 Å². The summed E-state index contributed by atoms with van der Waals surface area (Å²) in [6.45, 7) is 1.57. The predicted octanol–water partition coefficient (Wildman–Crippen LogP) is 3.13. The Morgan fingerprint density at radius 1 is 1.13 bits per heavy atom. The number of thioether (sulfide) groups is 1. The summed E-state index contributed by atoms with van der Waals surface area (Å²) < 4.78 is 0. The number of nitrogens with one attached hydrogen (secondary N) is 1. The van der Waals surface area contributed by atoms with Crippen molar-refractivity contribution in [1.82, 2.24) is 5.32 Å². The molecule has 0 aliphatic heterocycles. The highest BCUT2D eigenvalue weighted by molar-refractivity contribution is 8.00. The summed E-state index contributed by atoms with van der Waals surface area (Å²) in [7, 11) is 2.05. The number of rotatable bonds is 8. The third-order valence-electron chi connectivity index (χ3n) is 3.40. The molecule has 0 atom stereocenters. The highest BCUT2D eigenvalue weighted by Crippen LogP contribution is 2.20. The van der Waals surface area contributed by atoms with E-state index in [4.69, 9.17) is 0 Å². The molecule has 2 rings (SSSR count). The fraction of sp³-hybridized carbons (Fsp3) is 0.278. The minimum Gasteiger partial charge on any atom is -0.508 e. The number of para-hydroxylation sites is 1. The number of nitrogens with zero attached hydrogens (tertiary/aromatic N) is 1. The first-order valence-electron chi connectivity index (χ1n) is 7.60. The Labute approximate surface area is 141 Å². The van der Waals surface area contributed by atoms with Gasteiger partial charge in [0.15, 0.2) is 0 Å². The third-order valence-corrected chi connectivity index (χ3v) is 4.41. The number of hydrogen-bond donors (Lipinski definition) is 2. The highest BCUT2D eigenvalue weighted by Gasteiger charge is 2.04. The van der Waals surface area contributed by atoms with Gasteiger partial charge in [-0.05, 0) is 42.8 Å². The molecule has 0 radical (unpaired) electrons. The van der Waals surface area contributed by atoms with Gasteiger partial charge in [0.05, 0.1) is 5.75 Å². The molecule has 0 aliphatic rings. The van der Waals surface area contributed by atoms with Crippen molar-refractivity contribution in [2.24, 2.45) is 0 Å².